The number of carbonyl (C=O) groups is 1. The highest BCUT2D eigenvalue weighted by molar-refractivity contribution is 8.02. The van der Waals surface area contributed by atoms with E-state index in [1.165, 1.54) is 43.1 Å². The third kappa shape index (κ3) is 5.54. The summed E-state index contributed by atoms with van der Waals surface area (Å²) in [7, 11) is 1.38. The van der Waals surface area contributed by atoms with Crippen LogP contribution in [-0.4, -0.2) is 60.9 Å². The number of nitrogens with one attached hydrogen (secondary N) is 2. The largest absolute Gasteiger partial charge is 0.493 e. The number of urea groups is 1. The molecule has 11 heteroatoms. The Hall–Kier alpha value is -3.02. The summed E-state index contributed by atoms with van der Waals surface area (Å²) in [6, 6.07) is 7.19. The highest BCUT2D eigenvalue weighted by Gasteiger charge is 2.30. The maximum Gasteiger partial charge on any atom is 0.321 e. The van der Waals surface area contributed by atoms with Crippen molar-refractivity contribution < 1.29 is 27.8 Å². The molecule has 1 fully saturated rings. The van der Waals surface area contributed by atoms with Gasteiger partial charge in [-0.05, 0) is 36.6 Å². The van der Waals surface area contributed by atoms with Crippen LogP contribution >= 0.6 is 11.8 Å². The molecule has 2 aliphatic heterocycles. The number of anilines is 1. The summed E-state index contributed by atoms with van der Waals surface area (Å²) in [6.45, 7) is 6.97. The van der Waals surface area contributed by atoms with Crippen molar-refractivity contribution in [1.82, 2.24) is 15.1 Å². The fourth-order valence-electron chi connectivity index (χ4n) is 3.57. The first-order valence-corrected chi connectivity index (χ1v) is 11.5. The lowest BCUT2D eigenvalue weighted by atomic mass is 10.2. The maximum atomic E-state index is 14.3. The second kappa shape index (κ2) is 10.9. The van der Waals surface area contributed by atoms with Crippen molar-refractivity contribution in [3.8, 4) is 17.2 Å². The first kappa shape index (κ1) is 24.1. The number of carbonyl (C=O) groups excluding carboxylic acids is 1. The van der Waals surface area contributed by atoms with E-state index in [0.29, 0.717) is 13.2 Å². The molecular formula is C23H25F2N4O4S. The summed E-state index contributed by atoms with van der Waals surface area (Å²) in [5.41, 5.74) is -0.389. The monoisotopic (exact) mass is 491 g/mol. The Bertz CT molecular complexity index is 1050. The Balaban J connectivity index is 1.45. The minimum absolute atomic E-state index is 0.0321. The molecule has 0 aromatic heterocycles. The SMILES string of the molecule is [CH2]C(N1CCOCC1)N1C=CSC1NC(=O)Nc1cc(F)ccc1Oc1c(F)cccc1OC. The predicted octanol–water partition coefficient (Wildman–Crippen LogP) is 4.18. The van der Waals surface area contributed by atoms with E-state index in [4.69, 9.17) is 14.2 Å². The highest BCUT2D eigenvalue weighted by Crippen LogP contribution is 2.37. The number of halogens is 2. The van der Waals surface area contributed by atoms with Crippen LogP contribution in [0.3, 0.4) is 0 Å². The van der Waals surface area contributed by atoms with E-state index in [1.54, 1.807) is 0 Å². The Morgan fingerprint density at radius 2 is 2.03 bits per heavy atom. The minimum Gasteiger partial charge on any atom is -0.493 e. The van der Waals surface area contributed by atoms with E-state index < -0.39 is 23.2 Å². The zero-order chi connectivity index (χ0) is 24.1. The molecule has 2 aromatic carbocycles. The van der Waals surface area contributed by atoms with Crippen LogP contribution in [-0.2, 0) is 4.74 Å². The molecule has 2 aromatic rings. The molecule has 0 saturated carbocycles. The number of hydrogen-bond donors (Lipinski definition) is 2. The standard InChI is InChI=1S/C23H25F2N4O4S/c1-15(28-8-11-32-12-9-28)29-10-13-34-23(29)27-22(30)26-18-14-16(24)6-7-19(18)33-21-17(25)4-3-5-20(21)31-2/h3-7,10,13-15,23H,1,8-9,11-12H2,2H3,(H2,26,27,30). The Morgan fingerprint density at radius 3 is 2.79 bits per heavy atom. The first-order valence-electron chi connectivity index (χ1n) is 10.6. The number of amides is 2. The number of methoxy groups -OCH3 is 1. The number of para-hydroxylation sites is 1. The smallest absolute Gasteiger partial charge is 0.321 e. The van der Waals surface area contributed by atoms with Gasteiger partial charge in [0.25, 0.3) is 0 Å². The van der Waals surface area contributed by atoms with Gasteiger partial charge in [-0.1, -0.05) is 17.8 Å². The van der Waals surface area contributed by atoms with Gasteiger partial charge < -0.3 is 29.7 Å². The third-order valence-electron chi connectivity index (χ3n) is 5.33. The van der Waals surface area contributed by atoms with Crippen molar-refractivity contribution in [3.63, 3.8) is 0 Å². The van der Waals surface area contributed by atoms with Crippen LogP contribution < -0.4 is 20.1 Å². The second-order valence-corrected chi connectivity index (χ2v) is 8.45. The molecule has 2 aliphatic rings. The van der Waals surface area contributed by atoms with E-state index in [-0.39, 0.29) is 29.1 Å². The molecule has 34 heavy (non-hydrogen) atoms. The van der Waals surface area contributed by atoms with Gasteiger partial charge in [-0.25, -0.2) is 13.6 Å². The van der Waals surface area contributed by atoms with Crippen molar-refractivity contribution in [1.29, 1.82) is 0 Å². The molecule has 2 heterocycles. The molecule has 2 amide bonds. The van der Waals surface area contributed by atoms with Crippen molar-refractivity contribution >= 4 is 23.5 Å². The molecule has 0 spiro atoms. The average Bonchev–Trinajstić information content (AvgIpc) is 3.29. The fourth-order valence-corrected chi connectivity index (χ4v) is 4.46. The molecule has 4 rings (SSSR count). The summed E-state index contributed by atoms with van der Waals surface area (Å²) in [4.78, 5) is 16.9. The Morgan fingerprint density at radius 1 is 1.24 bits per heavy atom. The number of ether oxygens (including phenoxy) is 3. The van der Waals surface area contributed by atoms with Crippen LogP contribution in [0.15, 0.2) is 48.0 Å². The number of thioether (sulfide) groups is 1. The summed E-state index contributed by atoms with van der Waals surface area (Å²) >= 11 is 1.40. The van der Waals surface area contributed by atoms with E-state index in [1.807, 2.05) is 16.5 Å². The molecule has 2 atom stereocenters. The van der Waals surface area contributed by atoms with E-state index in [9.17, 15) is 13.6 Å². The van der Waals surface area contributed by atoms with Crippen LogP contribution in [0.5, 0.6) is 17.2 Å². The van der Waals surface area contributed by atoms with E-state index in [2.05, 4.69) is 22.5 Å². The molecule has 181 valence electrons. The van der Waals surface area contributed by atoms with Crippen LogP contribution in [0.2, 0.25) is 0 Å². The molecule has 2 N–H and O–H groups in total. The molecule has 0 aliphatic carbocycles. The van der Waals surface area contributed by atoms with Gasteiger partial charge in [0.05, 0.1) is 32.2 Å². The van der Waals surface area contributed by atoms with Gasteiger partial charge in [0.1, 0.15) is 5.82 Å². The molecule has 1 saturated heterocycles. The number of nitrogens with zero attached hydrogens (tertiary/aromatic N) is 2. The van der Waals surface area contributed by atoms with Crippen LogP contribution in [0.25, 0.3) is 0 Å². The summed E-state index contributed by atoms with van der Waals surface area (Å²) < 4.78 is 44.5. The van der Waals surface area contributed by atoms with Gasteiger partial charge in [0.2, 0.25) is 5.75 Å². The second-order valence-electron chi connectivity index (χ2n) is 7.46. The van der Waals surface area contributed by atoms with Crippen molar-refractivity contribution in [3.05, 3.63) is 66.6 Å². The van der Waals surface area contributed by atoms with Gasteiger partial charge >= 0.3 is 6.03 Å². The normalized spacial score (nSPS) is 19.1. The zero-order valence-electron chi connectivity index (χ0n) is 18.5. The van der Waals surface area contributed by atoms with Crippen LogP contribution in [0.4, 0.5) is 19.3 Å². The number of hydrogen-bond acceptors (Lipinski definition) is 7. The van der Waals surface area contributed by atoms with Crippen LogP contribution in [0.1, 0.15) is 0 Å². The van der Waals surface area contributed by atoms with Crippen molar-refractivity contribution in [2.75, 3.05) is 38.7 Å². The molecular weight excluding hydrogens is 466 g/mol. The van der Waals surface area contributed by atoms with Crippen LogP contribution in [0, 0.1) is 18.6 Å². The van der Waals surface area contributed by atoms with Gasteiger partial charge in [-0.2, -0.15) is 0 Å². The maximum absolute atomic E-state index is 14.3. The van der Waals surface area contributed by atoms with Crippen molar-refractivity contribution in [2.24, 2.45) is 0 Å². The van der Waals surface area contributed by atoms with Gasteiger partial charge in [-0.3, -0.25) is 4.90 Å². The Kier molecular flexibility index (Phi) is 7.76. The molecule has 0 bridgehead atoms. The first-order chi connectivity index (χ1) is 16.5. The third-order valence-corrected chi connectivity index (χ3v) is 6.23. The molecule has 1 radical (unpaired) electrons. The summed E-state index contributed by atoms with van der Waals surface area (Å²) in [6.07, 6.45) is 1.66. The summed E-state index contributed by atoms with van der Waals surface area (Å²) in [5, 5.41) is 7.30. The van der Waals surface area contributed by atoms with Crippen molar-refractivity contribution in [2.45, 2.75) is 11.7 Å². The van der Waals surface area contributed by atoms with E-state index in [0.717, 1.165) is 25.2 Å². The quantitative estimate of drug-likeness (QED) is 0.602. The molecule has 8 nitrogen and oxygen atoms in total. The Labute approximate surface area is 200 Å². The minimum atomic E-state index is -0.659. The molecule has 2 unspecified atom stereocenters. The number of rotatable bonds is 7. The highest BCUT2D eigenvalue weighted by atomic mass is 32.2. The predicted molar refractivity (Wildman–Crippen MR) is 125 cm³/mol. The summed E-state index contributed by atoms with van der Waals surface area (Å²) in [5.74, 6) is -1.21. The lowest BCUT2D eigenvalue weighted by molar-refractivity contribution is -0.00784. The lowest BCUT2D eigenvalue weighted by Gasteiger charge is -2.40. The lowest BCUT2D eigenvalue weighted by Crippen LogP contribution is -2.54. The zero-order valence-corrected chi connectivity index (χ0v) is 19.3. The van der Waals surface area contributed by atoms with Gasteiger partial charge in [-0.15, -0.1) is 0 Å². The topological polar surface area (TPSA) is 75.3 Å². The number of benzene rings is 2. The van der Waals surface area contributed by atoms with Gasteiger partial charge in [0.15, 0.2) is 22.8 Å². The average molecular weight is 492 g/mol. The van der Waals surface area contributed by atoms with E-state index >= 15 is 0 Å². The number of morpholine rings is 1. The van der Waals surface area contributed by atoms with Gasteiger partial charge in [0, 0.05) is 25.4 Å². The fraction of sp³-hybridized carbons (Fsp3) is 0.304.